The maximum absolute atomic E-state index is 13.9. The van der Waals surface area contributed by atoms with E-state index >= 15 is 0 Å². The van der Waals surface area contributed by atoms with E-state index in [1.807, 2.05) is 13.8 Å². The first-order chi connectivity index (χ1) is 8.55. The molecule has 96 valence electrons. The third-order valence-corrected chi connectivity index (χ3v) is 3.34. The van der Waals surface area contributed by atoms with Crippen LogP contribution in [0.4, 0.5) is 8.78 Å². The minimum Gasteiger partial charge on any atom is -0.252 e. The molecule has 1 atom stereocenters. The zero-order valence-corrected chi connectivity index (χ0v) is 10.4. The van der Waals surface area contributed by atoms with Gasteiger partial charge in [-0.3, -0.25) is 4.68 Å². The van der Waals surface area contributed by atoms with Crippen LogP contribution in [0.15, 0.2) is 30.9 Å². The second-order valence-corrected chi connectivity index (χ2v) is 4.63. The summed E-state index contributed by atoms with van der Waals surface area (Å²) in [5.74, 6) is -1.07. The second kappa shape index (κ2) is 4.84. The summed E-state index contributed by atoms with van der Waals surface area (Å²) in [7, 11) is 0. The highest BCUT2D eigenvalue weighted by molar-refractivity contribution is 5.26. The quantitative estimate of drug-likeness (QED) is 0.836. The van der Waals surface area contributed by atoms with Crippen molar-refractivity contribution >= 4 is 0 Å². The van der Waals surface area contributed by atoms with E-state index in [1.54, 1.807) is 11.0 Å². The first-order valence-corrected chi connectivity index (χ1v) is 5.83. The second-order valence-electron chi connectivity index (χ2n) is 4.63. The number of halogens is 2. The molecule has 0 amide bonds. The van der Waals surface area contributed by atoms with Crippen molar-refractivity contribution in [3.05, 3.63) is 48.1 Å². The highest BCUT2D eigenvalue weighted by Gasteiger charge is 2.28. The molecule has 1 aromatic heterocycles. The summed E-state index contributed by atoms with van der Waals surface area (Å²) < 4.78 is 28.5. The number of hydrogen-bond donors (Lipinski definition) is 0. The molecule has 0 saturated carbocycles. The molecule has 0 N–H and O–H groups in total. The van der Waals surface area contributed by atoms with E-state index in [9.17, 15) is 8.78 Å². The molecule has 0 bridgehead atoms. The van der Waals surface area contributed by atoms with E-state index in [0.717, 1.165) is 12.5 Å². The molecule has 5 heteroatoms. The Morgan fingerprint density at radius 3 is 2.67 bits per heavy atom. The van der Waals surface area contributed by atoms with Crippen molar-refractivity contribution in [2.24, 2.45) is 0 Å². The van der Waals surface area contributed by atoms with Crippen LogP contribution in [0, 0.1) is 11.6 Å². The molecule has 0 aliphatic rings. The van der Waals surface area contributed by atoms with Crippen LogP contribution in [0.25, 0.3) is 0 Å². The molecule has 0 radical (unpaired) electrons. The summed E-state index contributed by atoms with van der Waals surface area (Å²) in [6, 6.07) is 3.71. The van der Waals surface area contributed by atoms with E-state index in [2.05, 4.69) is 10.1 Å². The van der Waals surface area contributed by atoms with Gasteiger partial charge in [0.1, 0.15) is 24.3 Å². The van der Waals surface area contributed by atoms with Crippen LogP contribution in [-0.4, -0.2) is 14.8 Å². The van der Waals surface area contributed by atoms with Crippen molar-refractivity contribution in [2.75, 3.05) is 0 Å². The summed E-state index contributed by atoms with van der Waals surface area (Å²) in [4.78, 5) is 3.87. The summed E-state index contributed by atoms with van der Waals surface area (Å²) in [5, 5.41) is 4.03. The van der Waals surface area contributed by atoms with Crippen LogP contribution < -0.4 is 0 Å². The molecule has 3 nitrogen and oxygen atoms in total. The molecule has 18 heavy (non-hydrogen) atoms. The first kappa shape index (κ1) is 12.7. The average Bonchev–Trinajstić information content (AvgIpc) is 2.81. The lowest BCUT2D eigenvalue weighted by molar-refractivity contribution is 0.348. The predicted molar refractivity (Wildman–Crippen MR) is 64.0 cm³/mol. The van der Waals surface area contributed by atoms with Crippen LogP contribution in [0.2, 0.25) is 0 Å². The number of nitrogens with zero attached hydrogens (tertiary/aromatic N) is 3. The minimum atomic E-state index is -0.560. The SMILES string of the molecule is CC[C@](C)(Cn1cncn1)c1ccc(F)cc1F. The van der Waals surface area contributed by atoms with Crippen molar-refractivity contribution < 1.29 is 8.78 Å². The van der Waals surface area contributed by atoms with Crippen LogP contribution >= 0.6 is 0 Å². The highest BCUT2D eigenvalue weighted by atomic mass is 19.1. The number of benzene rings is 1. The van der Waals surface area contributed by atoms with Crippen LogP contribution in [0.5, 0.6) is 0 Å². The maximum Gasteiger partial charge on any atom is 0.137 e. The molecule has 0 aliphatic heterocycles. The Hall–Kier alpha value is -1.78. The summed E-state index contributed by atoms with van der Waals surface area (Å²) >= 11 is 0. The van der Waals surface area contributed by atoms with Gasteiger partial charge in [0, 0.05) is 11.5 Å². The maximum atomic E-state index is 13.9. The van der Waals surface area contributed by atoms with Gasteiger partial charge in [0.2, 0.25) is 0 Å². The van der Waals surface area contributed by atoms with E-state index in [0.29, 0.717) is 12.1 Å². The van der Waals surface area contributed by atoms with Gasteiger partial charge >= 0.3 is 0 Å². The lowest BCUT2D eigenvalue weighted by atomic mass is 9.79. The molecule has 1 aromatic carbocycles. The van der Waals surface area contributed by atoms with Crippen LogP contribution in [0.3, 0.4) is 0 Å². The van der Waals surface area contributed by atoms with Gasteiger partial charge in [-0.1, -0.05) is 19.9 Å². The summed E-state index contributed by atoms with van der Waals surface area (Å²) in [6.45, 7) is 4.41. The average molecular weight is 251 g/mol. The standard InChI is InChI=1S/C13H15F2N3/c1-3-13(2,7-18-9-16-8-17-18)11-5-4-10(14)6-12(11)15/h4-6,8-9H,3,7H2,1-2H3/t13-/m1/s1. The van der Waals surface area contributed by atoms with Crippen molar-refractivity contribution in [1.29, 1.82) is 0 Å². The van der Waals surface area contributed by atoms with Crippen LogP contribution in [-0.2, 0) is 12.0 Å². The van der Waals surface area contributed by atoms with E-state index in [4.69, 9.17) is 0 Å². The van der Waals surface area contributed by atoms with Gasteiger partial charge in [0.05, 0.1) is 6.54 Å². The Labute approximate surface area is 104 Å². The molecule has 0 fully saturated rings. The number of hydrogen-bond acceptors (Lipinski definition) is 2. The largest absolute Gasteiger partial charge is 0.252 e. The Kier molecular flexibility index (Phi) is 3.41. The van der Waals surface area contributed by atoms with Crippen molar-refractivity contribution in [1.82, 2.24) is 14.8 Å². The first-order valence-electron chi connectivity index (χ1n) is 5.83. The van der Waals surface area contributed by atoms with Crippen molar-refractivity contribution in [3.63, 3.8) is 0 Å². The smallest absolute Gasteiger partial charge is 0.137 e. The zero-order chi connectivity index (χ0) is 13.2. The fourth-order valence-corrected chi connectivity index (χ4v) is 2.04. The van der Waals surface area contributed by atoms with Gasteiger partial charge in [-0.05, 0) is 18.1 Å². The third-order valence-electron chi connectivity index (χ3n) is 3.34. The van der Waals surface area contributed by atoms with Gasteiger partial charge in [0.15, 0.2) is 0 Å². The molecule has 2 rings (SSSR count). The van der Waals surface area contributed by atoms with E-state index in [1.165, 1.54) is 18.5 Å². The fraction of sp³-hybridized carbons (Fsp3) is 0.385. The molecule has 0 aliphatic carbocycles. The zero-order valence-electron chi connectivity index (χ0n) is 10.4. The van der Waals surface area contributed by atoms with Crippen molar-refractivity contribution in [2.45, 2.75) is 32.2 Å². The van der Waals surface area contributed by atoms with Gasteiger partial charge in [0.25, 0.3) is 0 Å². The van der Waals surface area contributed by atoms with Gasteiger partial charge in [-0.2, -0.15) is 5.10 Å². The fourth-order valence-electron chi connectivity index (χ4n) is 2.04. The Morgan fingerprint density at radius 1 is 1.33 bits per heavy atom. The molecule has 2 aromatic rings. The summed E-state index contributed by atoms with van der Waals surface area (Å²) in [6.07, 6.45) is 3.75. The van der Waals surface area contributed by atoms with Gasteiger partial charge < -0.3 is 0 Å². The lowest BCUT2D eigenvalue weighted by Crippen LogP contribution is -2.29. The Bertz CT molecular complexity index is 525. The van der Waals surface area contributed by atoms with Gasteiger partial charge in [-0.15, -0.1) is 0 Å². The summed E-state index contributed by atoms with van der Waals surface area (Å²) in [5.41, 5.74) is 0.0628. The molecular formula is C13H15F2N3. The predicted octanol–water partition coefficient (Wildman–Crippen LogP) is 2.92. The molecule has 1 heterocycles. The minimum absolute atomic E-state index is 0.439. The number of aromatic nitrogens is 3. The monoisotopic (exact) mass is 251 g/mol. The molecule has 0 spiro atoms. The number of rotatable bonds is 4. The molecular weight excluding hydrogens is 236 g/mol. The van der Waals surface area contributed by atoms with Gasteiger partial charge in [-0.25, -0.2) is 13.8 Å². The normalized spacial score (nSPS) is 14.4. The van der Waals surface area contributed by atoms with E-state index in [-0.39, 0.29) is 0 Å². The van der Waals surface area contributed by atoms with E-state index < -0.39 is 17.0 Å². The molecule has 0 unspecified atom stereocenters. The van der Waals surface area contributed by atoms with Crippen molar-refractivity contribution in [3.8, 4) is 0 Å². The Morgan fingerprint density at radius 2 is 2.11 bits per heavy atom. The topological polar surface area (TPSA) is 30.7 Å². The Balaban J connectivity index is 2.36. The highest BCUT2D eigenvalue weighted by Crippen LogP contribution is 2.31. The van der Waals surface area contributed by atoms with Crippen LogP contribution in [0.1, 0.15) is 25.8 Å². The molecule has 0 saturated heterocycles. The third kappa shape index (κ3) is 2.39. The lowest BCUT2D eigenvalue weighted by Gasteiger charge is -2.29.